The van der Waals surface area contributed by atoms with Crippen LogP contribution in [0.3, 0.4) is 0 Å². The van der Waals surface area contributed by atoms with Crippen LogP contribution in [0.2, 0.25) is 0 Å². The zero-order chi connectivity index (χ0) is 15.4. The minimum atomic E-state index is -0.120. The van der Waals surface area contributed by atoms with Crippen molar-refractivity contribution in [3.8, 4) is 0 Å². The van der Waals surface area contributed by atoms with E-state index in [0.29, 0.717) is 12.4 Å². The first-order valence-electron chi connectivity index (χ1n) is 6.90. The summed E-state index contributed by atoms with van der Waals surface area (Å²) < 4.78 is 1.87. The number of nitrogens with zero attached hydrogens (tertiary/aromatic N) is 4. The summed E-state index contributed by atoms with van der Waals surface area (Å²) >= 11 is 0. The predicted molar refractivity (Wildman–Crippen MR) is 83.1 cm³/mol. The Balaban J connectivity index is 1.59. The molecule has 7 nitrogen and oxygen atoms in total. The number of amides is 1. The molecule has 2 heterocycles. The Morgan fingerprint density at radius 2 is 2.09 bits per heavy atom. The Hall–Kier alpha value is -2.96. The van der Waals surface area contributed by atoms with E-state index in [4.69, 9.17) is 0 Å². The van der Waals surface area contributed by atoms with Crippen LogP contribution in [0.25, 0.3) is 10.9 Å². The quantitative estimate of drug-likeness (QED) is 0.736. The molecule has 0 aliphatic carbocycles. The molecule has 0 radical (unpaired) electrons. The van der Waals surface area contributed by atoms with Gasteiger partial charge in [-0.2, -0.15) is 0 Å². The zero-order valence-corrected chi connectivity index (χ0v) is 12.2. The Labute approximate surface area is 127 Å². The van der Waals surface area contributed by atoms with E-state index in [-0.39, 0.29) is 12.5 Å². The maximum atomic E-state index is 11.9. The van der Waals surface area contributed by atoms with E-state index in [9.17, 15) is 4.79 Å². The number of nitrogens with one attached hydrogen (secondary N) is 2. The van der Waals surface area contributed by atoms with Gasteiger partial charge in [0.1, 0.15) is 18.0 Å². The van der Waals surface area contributed by atoms with Gasteiger partial charge in [-0.05, 0) is 12.1 Å². The first-order valence-corrected chi connectivity index (χ1v) is 6.90. The van der Waals surface area contributed by atoms with E-state index in [1.807, 2.05) is 42.1 Å². The van der Waals surface area contributed by atoms with Gasteiger partial charge in [0, 0.05) is 24.8 Å². The molecule has 0 fully saturated rings. The van der Waals surface area contributed by atoms with Crippen LogP contribution >= 0.6 is 0 Å². The predicted octanol–water partition coefficient (Wildman–Crippen LogP) is 1.09. The number of anilines is 1. The van der Waals surface area contributed by atoms with Gasteiger partial charge in [0.05, 0.1) is 18.6 Å². The monoisotopic (exact) mass is 296 g/mol. The van der Waals surface area contributed by atoms with Crippen molar-refractivity contribution >= 4 is 22.6 Å². The molecule has 3 rings (SSSR count). The summed E-state index contributed by atoms with van der Waals surface area (Å²) in [7, 11) is 1.89. The van der Waals surface area contributed by atoms with Crippen LogP contribution in [-0.4, -0.2) is 32.0 Å². The maximum absolute atomic E-state index is 11.9. The van der Waals surface area contributed by atoms with E-state index in [0.717, 1.165) is 16.7 Å². The SMILES string of the molecule is Cn1ccnc1CNC(=O)CNc1ncnc2ccccc12. The number of aryl methyl sites for hydroxylation is 1. The molecule has 2 N–H and O–H groups in total. The normalized spacial score (nSPS) is 10.6. The second-order valence-electron chi connectivity index (χ2n) is 4.82. The van der Waals surface area contributed by atoms with Crippen molar-refractivity contribution in [2.45, 2.75) is 6.54 Å². The molecule has 0 spiro atoms. The van der Waals surface area contributed by atoms with Crippen LogP contribution in [0.5, 0.6) is 0 Å². The third-order valence-corrected chi connectivity index (χ3v) is 3.32. The smallest absolute Gasteiger partial charge is 0.239 e. The van der Waals surface area contributed by atoms with E-state index < -0.39 is 0 Å². The summed E-state index contributed by atoms with van der Waals surface area (Å²) in [5, 5.41) is 6.75. The summed E-state index contributed by atoms with van der Waals surface area (Å²) in [6, 6.07) is 7.66. The lowest BCUT2D eigenvalue weighted by Gasteiger charge is -2.09. The summed E-state index contributed by atoms with van der Waals surface area (Å²) in [5.41, 5.74) is 0.841. The number of hydrogen-bond donors (Lipinski definition) is 2. The summed E-state index contributed by atoms with van der Waals surface area (Å²) in [6.07, 6.45) is 5.02. The van der Waals surface area contributed by atoms with Gasteiger partial charge in [0.2, 0.25) is 5.91 Å². The fourth-order valence-electron chi connectivity index (χ4n) is 2.12. The fourth-order valence-corrected chi connectivity index (χ4v) is 2.12. The average Bonchev–Trinajstić information content (AvgIpc) is 2.96. The number of fused-ring (bicyclic) bond motifs is 1. The molecule has 0 aliphatic rings. The minimum Gasteiger partial charge on any atom is -0.360 e. The van der Waals surface area contributed by atoms with E-state index in [1.165, 1.54) is 6.33 Å². The third-order valence-electron chi connectivity index (χ3n) is 3.32. The fraction of sp³-hybridized carbons (Fsp3) is 0.200. The number of carbonyl (C=O) groups is 1. The summed E-state index contributed by atoms with van der Waals surface area (Å²) in [4.78, 5) is 24.4. The molecule has 2 aromatic heterocycles. The van der Waals surface area contributed by atoms with Crippen molar-refractivity contribution in [2.75, 3.05) is 11.9 Å². The second-order valence-corrected chi connectivity index (χ2v) is 4.82. The van der Waals surface area contributed by atoms with Crippen molar-refractivity contribution in [1.82, 2.24) is 24.8 Å². The van der Waals surface area contributed by atoms with Gasteiger partial charge in [0.25, 0.3) is 0 Å². The van der Waals surface area contributed by atoms with Crippen LogP contribution < -0.4 is 10.6 Å². The molecular weight excluding hydrogens is 280 g/mol. The van der Waals surface area contributed by atoms with Crippen molar-refractivity contribution in [3.05, 3.63) is 48.8 Å². The molecule has 112 valence electrons. The van der Waals surface area contributed by atoms with Gasteiger partial charge >= 0.3 is 0 Å². The minimum absolute atomic E-state index is 0.120. The Kier molecular flexibility index (Phi) is 3.95. The lowest BCUT2D eigenvalue weighted by Crippen LogP contribution is -2.30. The highest BCUT2D eigenvalue weighted by molar-refractivity contribution is 5.90. The molecular formula is C15H16N6O. The number of benzene rings is 1. The maximum Gasteiger partial charge on any atom is 0.239 e. The number of para-hydroxylation sites is 1. The lowest BCUT2D eigenvalue weighted by atomic mass is 10.2. The number of aromatic nitrogens is 4. The van der Waals surface area contributed by atoms with Gasteiger partial charge in [-0.25, -0.2) is 15.0 Å². The van der Waals surface area contributed by atoms with E-state index in [1.54, 1.807) is 6.20 Å². The molecule has 1 amide bonds. The average molecular weight is 296 g/mol. The topological polar surface area (TPSA) is 84.7 Å². The highest BCUT2D eigenvalue weighted by Crippen LogP contribution is 2.17. The first kappa shape index (κ1) is 14.0. The lowest BCUT2D eigenvalue weighted by molar-refractivity contribution is -0.119. The van der Waals surface area contributed by atoms with Gasteiger partial charge in [-0.1, -0.05) is 12.1 Å². The van der Waals surface area contributed by atoms with Crippen molar-refractivity contribution in [1.29, 1.82) is 0 Å². The van der Waals surface area contributed by atoms with Crippen LogP contribution in [0.15, 0.2) is 43.0 Å². The molecule has 0 aliphatic heterocycles. The molecule has 0 unspecified atom stereocenters. The van der Waals surface area contributed by atoms with E-state index in [2.05, 4.69) is 25.6 Å². The van der Waals surface area contributed by atoms with Gasteiger partial charge in [-0.15, -0.1) is 0 Å². The molecule has 0 saturated carbocycles. The number of hydrogen-bond acceptors (Lipinski definition) is 5. The molecule has 1 aromatic carbocycles. The molecule has 3 aromatic rings. The van der Waals surface area contributed by atoms with Crippen molar-refractivity contribution < 1.29 is 4.79 Å². The Bertz CT molecular complexity index is 792. The molecule has 0 saturated heterocycles. The van der Waals surface area contributed by atoms with Crippen LogP contribution in [0.4, 0.5) is 5.82 Å². The van der Waals surface area contributed by atoms with Crippen LogP contribution in [-0.2, 0) is 18.4 Å². The van der Waals surface area contributed by atoms with Gasteiger partial charge in [0.15, 0.2) is 0 Å². The molecule has 0 atom stereocenters. The number of imidazole rings is 1. The third kappa shape index (κ3) is 3.03. The van der Waals surface area contributed by atoms with Crippen molar-refractivity contribution in [2.24, 2.45) is 7.05 Å². The second kappa shape index (κ2) is 6.21. The zero-order valence-electron chi connectivity index (χ0n) is 12.2. The van der Waals surface area contributed by atoms with Crippen LogP contribution in [0, 0.1) is 0 Å². The Morgan fingerprint density at radius 1 is 1.23 bits per heavy atom. The standard InChI is InChI=1S/C15H16N6O/c1-21-7-6-16-13(21)8-17-14(22)9-18-15-11-4-2-3-5-12(11)19-10-20-15/h2-7,10H,8-9H2,1H3,(H,17,22)(H,18,19,20). The first-order chi connectivity index (χ1) is 10.7. The van der Waals surface area contributed by atoms with Gasteiger partial charge < -0.3 is 15.2 Å². The van der Waals surface area contributed by atoms with E-state index >= 15 is 0 Å². The van der Waals surface area contributed by atoms with Gasteiger partial charge in [-0.3, -0.25) is 4.79 Å². The molecule has 22 heavy (non-hydrogen) atoms. The van der Waals surface area contributed by atoms with Crippen molar-refractivity contribution in [3.63, 3.8) is 0 Å². The Morgan fingerprint density at radius 3 is 2.91 bits per heavy atom. The molecule has 7 heteroatoms. The van der Waals surface area contributed by atoms with Crippen LogP contribution in [0.1, 0.15) is 5.82 Å². The highest BCUT2D eigenvalue weighted by Gasteiger charge is 2.06. The highest BCUT2D eigenvalue weighted by atomic mass is 16.1. The number of carbonyl (C=O) groups excluding carboxylic acids is 1. The summed E-state index contributed by atoms with van der Waals surface area (Å²) in [5.74, 6) is 1.34. The number of rotatable bonds is 5. The largest absolute Gasteiger partial charge is 0.360 e. The molecule has 0 bridgehead atoms. The summed E-state index contributed by atoms with van der Waals surface area (Å²) in [6.45, 7) is 0.542.